The second kappa shape index (κ2) is 9.12. The van der Waals surface area contributed by atoms with Crippen LogP contribution >= 0.6 is 0 Å². The Hall–Kier alpha value is -3.82. The number of nitrogens with one attached hydrogen (secondary N) is 1. The summed E-state index contributed by atoms with van der Waals surface area (Å²) in [5.41, 5.74) is 1.53. The highest BCUT2D eigenvalue weighted by Crippen LogP contribution is 2.12. The number of tetrazole rings is 1. The number of aryl methyl sites for hydroxylation is 1. The Kier molecular flexibility index (Phi) is 6.35. The predicted molar refractivity (Wildman–Crippen MR) is 110 cm³/mol. The third-order valence-corrected chi connectivity index (χ3v) is 3.72. The highest BCUT2D eigenvalue weighted by Gasteiger charge is 2.17. The molecule has 0 fully saturated rings. The van der Waals surface area contributed by atoms with Crippen molar-refractivity contribution in [3.05, 3.63) is 65.6 Å². The van der Waals surface area contributed by atoms with E-state index in [1.54, 1.807) is 46.1 Å². The van der Waals surface area contributed by atoms with Crippen LogP contribution in [0.25, 0.3) is 0 Å². The van der Waals surface area contributed by atoms with Crippen LogP contribution < -0.4 is 5.32 Å². The van der Waals surface area contributed by atoms with Crippen molar-refractivity contribution < 1.29 is 14.4 Å². The molecule has 0 aliphatic heterocycles. The van der Waals surface area contributed by atoms with Gasteiger partial charge in [-0.2, -0.15) is 0 Å². The van der Waals surface area contributed by atoms with Crippen LogP contribution in [0.15, 0.2) is 53.8 Å². The van der Waals surface area contributed by atoms with Crippen LogP contribution in [0, 0.1) is 0 Å². The zero-order valence-electron chi connectivity index (χ0n) is 17.2. The van der Waals surface area contributed by atoms with Crippen LogP contribution in [0.1, 0.15) is 37.7 Å². The van der Waals surface area contributed by atoms with Crippen molar-refractivity contribution in [1.29, 1.82) is 0 Å². The number of amides is 1. The van der Waals surface area contributed by atoms with Gasteiger partial charge in [0.05, 0.1) is 0 Å². The second-order valence-electron chi connectivity index (χ2n) is 7.38. The lowest BCUT2D eigenvalue weighted by Crippen LogP contribution is -2.27. The number of carbonyl (C=O) groups excluding carboxylic acids is 1. The minimum Gasteiger partial charge on any atom is -0.444 e. The van der Waals surface area contributed by atoms with E-state index in [4.69, 9.17) is 9.57 Å². The van der Waals surface area contributed by atoms with Crippen LogP contribution in [0.2, 0.25) is 0 Å². The molecule has 0 saturated carbocycles. The molecular formula is C20H23N7O3. The van der Waals surface area contributed by atoms with Gasteiger partial charge in [-0.3, -0.25) is 5.32 Å². The molecule has 0 radical (unpaired) electrons. The van der Waals surface area contributed by atoms with Crippen LogP contribution in [-0.4, -0.2) is 42.6 Å². The van der Waals surface area contributed by atoms with Gasteiger partial charge in [0.1, 0.15) is 18.0 Å². The molecule has 10 nitrogen and oxygen atoms in total. The molecule has 3 rings (SSSR count). The molecular weight excluding hydrogens is 386 g/mol. The lowest BCUT2D eigenvalue weighted by molar-refractivity contribution is 0.0635. The maximum atomic E-state index is 11.8. The molecule has 156 valence electrons. The number of rotatable bonds is 6. The van der Waals surface area contributed by atoms with E-state index in [9.17, 15) is 4.79 Å². The quantitative estimate of drug-likeness (QED) is 0.491. The average molecular weight is 409 g/mol. The van der Waals surface area contributed by atoms with E-state index in [0.29, 0.717) is 17.4 Å². The monoisotopic (exact) mass is 409 g/mol. The van der Waals surface area contributed by atoms with Gasteiger partial charge >= 0.3 is 6.09 Å². The SMILES string of the molecule is Cn1nnnc1/C(=N\OCc1ccc(NC(=O)OC(C)(C)C)nc1)c1ccccc1. The van der Waals surface area contributed by atoms with Crippen molar-refractivity contribution >= 4 is 17.6 Å². The summed E-state index contributed by atoms with van der Waals surface area (Å²) in [6.07, 6.45) is 1.03. The predicted octanol–water partition coefficient (Wildman–Crippen LogP) is 2.92. The summed E-state index contributed by atoms with van der Waals surface area (Å²) < 4.78 is 6.72. The summed E-state index contributed by atoms with van der Waals surface area (Å²) in [7, 11) is 1.73. The standard InChI is InChI=1S/C20H23N7O3/c1-20(2,3)30-19(28)22-16-11-10-14(12-21-16)13-29-24-17(15-8-6-5-7-9-15)18-23-25-26-27(18)4/h5-12H,13H2,1-4H3,(H,21,22,28)/b24-17-. The van der Waals surface area contributed by atoms with Crippen molar-refractivity contribution in [3.63, 3.8) is 0 Å². The first-order chi connectivity index (χ1) is 14.3. The zero-order valence-corrected chi connectivity index (χ0v) is 17.2. The second-order valence-corrected chi connectivity index (χ2v) is 7.38. The fourth-order valence-electron chi connectivity index (χ4n) is 2.41. The van der Waals surface area contributed by atoms with Gasteiger partial charge < -0.3 is 9.57 Å². The molecule has 0 aliphatic carbocycles. The molecule has 3 aromatic rings. The Morgan fingerprint density at radius 2 is 1.93 bits per heavy atom. The van der Waals surface area contributed by atoms with Crippen molar-refractivity contribution in [2.45, 2.75) is 33.0 Å². The number of ether oxygens (including phenoxy) is 1. The fourth-order valence-corrected chi connectivity index (χ4v) is 2.41. The normalized spacial score (nSPS) is 11.8. The Morgan fingerprint density at radius 3 is 2.53 bits per heavy atom. The van der Waals surface area contributed by atoms with Gasteiger partial charge in [0.25, 0.3) is 0 Å². The lowest BCUT2D eigenvalue weighted by Gasteiger charge is -2.19. The number of anilines is 1. The first-order valence-corrected chi connectivity index (χ1v) is 9.25. The van der Waals surface area contributed by atoms with Gasteiger partial charge in [-0.1, -0.05) is 41.6 Å². The Morgan fingerprint density at radius 1 is 1.17 bits per heavy atom. The van der Waals surface area contributed by atoms with Crippen molar-refractivity contribution in [1.82, 2.24) is 25.2 Å². The number of aromatic nitrogens is 5. The molecule has 30 heavy (non-hydrogen) atoms. The number of hydrogen-bond acceptors (Lipinski definition) is 8. The first kappa shape index (κ1) is 20.9. The maximum absolute atomic E-state index is 11.8. The lowest BCUT2D eigenvalue weighted by atomic mass is 10.1. The number of carbonyl (C=O) groups is 1. The van der Waals surface area contributed by atoms with E-state index in [2.05, 4.69) is 31.0 Å². The third-order valence-electron chi connectivity index (χ3n) is 3.72. The van der Waals surface area contributed by atoms with Gasteiger partial charge in [-0.15, -0.1) is 5.10 Å². The van der Waals surface area contributed by atoms with E-state index in [1.165, 1.54) is 4.68 Å². The Labute approximate surface area is 173 Å². The van der Waals surface area contributed by atoms with Gasteiger partial charge in [-0.05, 0) is 37.3 Å². The summed E-state index contributed by atoms with van der Waals surface area (Å²) in [5.74, 6) is 0.864. The van der Waals surface area contributed by atoms with Crippen molar-refractivity contribution in [3.8, 4) is 0 Å². The highest BCUT2D eigenvalue weighted by atomic mass is 16.6. The smallest absolute Gasteiger partial charge is 0.413 e. The fraction of sp³-hybridized carbons (Fsp3) is 0.300. The number of hydrogen-bond donors (Lipinski definition) is 1. The van der Waals surface area contributed by atoms with Crippen LogP contribution in [0.5, 0.6) is 0 Å². The third kappa shape index (κ3) is 5.84. The Balaban J connectivity index is 1.66. The minimum atomic E-state index is -0.579. The number of oxime groups is 1. The molecule has 0 atom stereocenters. The largest absolute Gasteiger partial charge is 0.444 e. The minimum absolute atomic E-state index is 0.182. The molecule has 0 bridgehead atoms. The van der Waals surface area contributed by atoms with Crippen LogP contribution in [0.3, 0.4) is 0 Å². The number of benzene rings is 1. The zero-order chi connectivity index (χ0) is 21.6. The molecule has 2 heterocycles. The molecule has 0 unspecified atom stereocenters. The molecule has 0 aliphatic rings. The molecule has 1 amide bonds. The molecule has 0 saturated heterocycles. The van der Waals surface area contributed by atoms with E-state index >= 15 is 0 Å². The summed E-state index contributed by atoms with van der Waals surface area (Å²) in [5, 5.41) is 18.3. The van der Waals surface area contributed by atoms with E-state index in [1.807, 2.05) is 30.3 Å². The first-order valence-electron chi connectivity index (χ1n) is 9.25. The van der Waals surface area contributed by atoms with Crippen molar-refractivity contribution in [2.24, 2.45) is 12.2 Å². The van der Waals surface area contributed by atoms with E-state index in [-0.39, 0.29) is 6.61 Å². The average Bonchev–Trinajstić information content (AvgIpc) is 3.11. The Bertz CT molecular complexity index is 1010. The molecule has 1 N–H and O–H groups in total. The molecule has 0 spiro atoms. The summed E-state index contributed by atoms with van der Waals surface area (Å²) >= 11 is 0. The molecule has 1 aromatic carbocycles. The molecule has 10 heteroatoms. The van der Waals surface area contributed by atoms with Crippen molar-refractivity contribution in [2.75, 3.05) is 5.32 Å². The van der Waals surface area contributed by atoms with Crippen LogP contribution in [-0.2, 0) is 23.2 Å². The maximum Gasteiger partial charge on any atom is 0.413 e. The van der Waals surface area contributed by atoms with E-state index in [0.717, 1.165) is 11.1 Å². The summed E-state index contributed by atoms with van der Waals surface area (Å²) in [6, 6.07) is 12.9. The van der Waals surface area contributed by atoms with Gasteiger partial charge in [-0.25, -0.2) is 14.5 Å². The van der Waals surface area contributed by atoms with Gasteiger partial charge in [0, 0.05) is 24.4 Å². The number of nitrogens with zero attached hydrogens (tertiary/aromatic N) is 6. The number of pyridine rings is 1. The summed E-state index contributed by atoms with van der Waals surface area (Å²) in [6.45, 7) is 5.56. The van der Waals surface area contributed by atoms with Crippen LogP contribution in [0.4, 0.5) is 10.6 Å². The van der Waals surface area contributed by atoms with Gasteiger partial charge in [0.15, 0.2) is 5.71 Å². The van der Waals surface area contributed by atoms with E-state index < -0.39 is 11.7 Å². The topological polar surface area (TPSA) is 116 Å². The van der Waals surface area contributed by atoms with Gasteiger partial charge in [0.2, 0.25) is 5.82 Å². The summed E-state index contributed by atoms with van der Waals surface area (Å²) in [4.78, 5) is 21.5. The highest BCUT2D eigenvalue weighted by molar-refractivity contribution is 6.10. The molecule has 2 aromatic heterocycles.